The molecule has 90 valence electrons. The molecule has 0 unspecified atom stereocenters. The Morgan fingerprint density at radius 1 is 1.29 bits per heavy atom. The van der Waals surface area contributed by atoms with Gasteiger partial charge in [0.15, 0.2) is 4.77 Å². The van der Waals surface area contributed by atoms with Gasteiger partial charge in [-0.2, -0.15) is 0 Å². The summed E-state index contributed by atoms with van der Waals surface area (Å²) in [4.78, 5) is 3.17. The fourth-order valence-corrected chi connectivity index (χ4v) is 2.71. The second-order valence-corrected chi connectivity index (χ2v) is 5.80. The molecular formula is C12H12Cl2N2S. The molecular weight excluding hydrogens is 275 g/mol. The fourth-order valence-electron chi connectivity index (χ4n) is 2.09. The Kier molecular flexibility index (Phi) is 2.93. The van der Waals surface area contributed by atoms with Gasteiger partial charge in [-0.15, -0.1) is 0 Å². The normalized spacial score (nSPS) is 15.6. The number of aryl methyl sites for hydroxylation is 1. The van der Waals surface area contributed by atoms with Crippen molar-refractivity contribution in [1.29, 1.82) is 0 Å². The van der Waals surface area contributed by atoms with Gasteiger partial charge >= 0.3 is 0 Å². The lowest BCUT2D eigenvalue weighted by Crippen LogP contribution is -1.98. The number of hydrogen-bond donors (Lipinski definition) is 1. The minimum absolute atomic E-state index is 0.560. The summed E-state index contributed by atoms with van der Waals surface area (Å²) in [6.07, 6.45) is 3.92. The standard InChI is InChI=1S/C12H12Cl2N2S/c13-8-5-10-11(6-9(8)14)16(12(17)15-10)4-3-7-1-2-7/h5-7H,1-4H2,(H,15,17). The molecule has 2 nitrogen and oxygen atoms in total. The predicted octanol–water partition coefficient (Wildman–Crippen LogP) is 4.81. The van der Waals surface area contributed by atoms with Crippen LogP contribution in [0.25, 0.3) is 11.0 Å². The zero-order valence-electron chi connectivity index (χ0n) is 9.17. The molecule has 1 N–H and O–H groups in total. The van der Waals surface area contributed by atoms with Gasteiger partial charge in [0.1, 0.15) is 0 Å². The van der Waals surface area contributed by atoms with Crippen molar-refractivity contribution >= 4 is 46.5 Å². The van der Waals surface area contributed by atoms with E-state index in [0.717, 1.165) is 28.3 Å². The monoisotopic (exact) mass is 286 g/mol. The lowest BCUT2D eigenvalue weighted by Gasteiger charge is -2.04. The Balaban J connectivity index is 2.05. The number of rotatable bonds is 3. The number of nitrogens with one attached hydrogen (secondary N) is 1. The van der Waals surface area contributed by atoms with E-state index in [9.17, 15) is 0 Å². The topological polar surface area (TPSA) is 20.7 Å². The third kappa shape index (κ3) is 2.24. The van der Waals surface area contributed by atoms with Gasteiger partial charge in [0.05, 0.1) is 21.1 Å². The van der Waals surface area contributed by atoms with Crippen LogP contribution in [0.1, 0.15) is 19.3 Å². The van der Waals surface area contributed by atoms with Gasteiger partial charge in [-0.25, -0.2) is 0 Å². The van der Waals surface area contributed by atoms with Crippen molar-refractivity contribution < 1.29 is 0 Å². The number of hydrogen-bond acceptors (Lipinski definition) is 1. The third-order valence-electron chi connectivity index (χ3n) is 3.27. The smallest absolute Gasteiger partial charge is 0.178 e. The maximum absolute atomic E-state index is 6.05. The summed E-state index contributed by atoms with van der Waals surface area (Å²) in [5, 5.41) is 1.14. The molecule has 0 amide bonds. The van der Waals surface area contributed by atoms with Crippen molar-refractivity contribution in [2.24, 2.45) is 5.92 Å². The van der Waals surface area contributed by atoms with E-state index in [1.807, 2.05) is 12.1 Å². The quantitative estimate of drug-likeness (QED) is 0.804. The number of H-pyrrole nitrogens is 1. The summed E-state index contributed by atoms with van der Waals surface area (Å²) in [7, 11) is 0. The number of nitrogens with zero attached hydrogens (tertiary/aromatic N) is 1. The van der Waals surface area contributed by atoms with Crippen LogP contribution in [0, 0.1) is 10.7 Å². The first-order valence-corrected chi connectivity index (χ1v) is 6.89. The lowest BCUT2D eigenvalue weighted by atomic mass is 10.2. The fraction of sp³-hybridized carbons (Fsp3) is 0.417. The maximum Gasteiger partial charge on any atom is 0.178 e. The van der Waals surface area contributed by atoms with Gasteiger partial charge in [0.2, 0.25) is 0 Å². The molecule has 0 radical (unpaired) electrons. The largest absolute Gasteiger partial charge is 0.331 e. The molecule has 3 rings (SSSR count). The van der Waals surface area contributed by atoms with E-state index < -0.39 is 0 Å². The van der Waals surface area contributed by atoms with Crippen LogP contribution >= 0.6 is 35.4 Å². The number of fused-ring (bicyclic) bond motifs is 1. The molecule has 5 heteroatoms. The number of benzene rings is 1. The second kappa shape index (κ2) is 4.30. The first-order chi connectivity index (χ1) is 8.15. The summed E-state index contributed by atoms with van der Waals surface area (Å²) < 4.78 is 2.87. The van der Waals surface area contributed by atoms with E-state index in [1.165, 1.54) is 19.3 Å². The van der Waals surface area contributed by atoms with E-state index in [-0.39, 0.29) is 0 Å². The summed E-state index contributed by atoms with van der Waals surface area (Å²) >= 11 is 17.4. The van der Waals surface area contributed by atoms with E-state index in [0.29, 0.717) is 10.0 Å². The molecule has 1 aliphatic carbocycles. The Morgan fingerprint density at radius 2 is 2.00 bits per heavy atom. The van der Waals surface area contributed by atoms with E-state index in [1.54, 1.807) is 0 Å². The minimum atomic E-state index is 0.560. The van der Waals surface area contributed by atoms with Crippen LogP contribution < -0.4 is 0 Å². The first kappa shape index (κ1) is 11.6. The van der Waals surface area contributed by atoms with Crippen LogP contribution in [0.3, 0.4) is 0 Å². The van der Waals surface area contributed by atoms with E-state index in [2.05, 4.69) is 9.55 Å². The summed E-state index contributed by atoms with van der Waals surface area (Å²) in [5.74, 6) is 0.893. The molecule has 1 aromatic carbocycles. The van der Waals surface area contributed by atoms with Crippen LogP contribution in [0.15, 0.2) is 12.1 Å². The number of aromatic amines is 1. The molecule has 2 aromatic rings. The Morgan fingerprint density at radius 3 is 2.71 bits per heavy atom. The highest BCUT2D eigenvalue weighted by Crippen LogP contribution is 2.34. The average molecular weight is 287 g/mol. The minimum Gasteiger partial charge on any atom is -0.331 e. The molecule has 0 atom stereocenters. The molecule has 1 fully saturated rings. The van der Waals surface area contributed by atoms with Crippen LogP contribution in [0.2, 0.25) is 10.0 Å². The average Bonchev–Trinajstić information content (AvgIpc) is 3.04. The molecule has 0 spiro atoms. The van der Waals surface area contributed by atoms with Crippen LogP contribution in [-0.2, 0) is 6.54 Å². The highest BCUT2D eigenvalue weighted by Gasteiger charge is 2.21. The molecule has 0 saturated heterocycles. The van der Waals surface area contributed by atoms with Gasteiger partial charge in [-0.05, 0) is 36.7 Å². The molecule has 0 aliphatic heterocycles. The zero-order chi connectivity index (χ0) is 12.0. The third-order valence-corrected chi connectivity index (χ3v) is 4.32. The van der Waals surface area contributed by atoms with E-state index >= 15 is 0 Å². The summed E-state index contributed by atoms with van der Waals surface area (Å²) in [5.41, 5.74) is 2.00. The Labute approximate surface area is 115 Å². The Bertz CT molecular complexity index is 625. The van der Waals surface area contributed by atoms with Crippen molar-refractivity contribution in [3.05, 3.63) is 26.9 Å². The van der Waals surface area contributed by atoms with Crippen molar-refractivity contribution in [3.63, 3.8) is 0 Å². The van der Waals surface area contributed by atoms with Crippen LogP contribution in [0.5, 0.6) is 0 Å². The summed E-state index contributed by atoms with van der Waals surface area (Å²) in [6.45, 7) is 0.960. The number of imidazole rings is 1. The highest BCUT2D eigenvalue weighted by molar-refractivity contribution is 7.71. The first-order valence-electron chi connectivity index (χ1n) is 5.72. The van der Waals surface area contributed by atoms with E-state index in [4.69, 9.17) is 35.4 Å². The van der Waals surface area contributed by atoms with Gasteiger partial charge in [0, 0.05) is 6.54 Å². The number of aromatic nitrogens is 2. The van der Waals surface area contributed by atoms with Gasteiger partial charge in [-0.3, -0.25) is 0 Å². The van der Waals surface area contributed by atoms with Crippen molar-refractivity contribution in [3.8, 4) is 0 Å². The molecule has 17 heavy (non-hydrogen) atoms. The molecule has 1 heterocycles. The SMILES string of the molecule is S=c1[nH]c2cc(Cl)c(Cl)cc2n1CCC1CC1. The lowest BCUT2D eigenvalue weighted by molar-refractivity contribution is 0.603. The molecule has 0 bridgehead atoms. The molecule has 1 saturated carbocycles. The maximum atomic E-state index is 6.05. The van der Waals surface area contributed by atoms with Gasteiger partial charge < -0.3 is 9.55 Å². The van der Waals surface area contributed by atoms with Gasteiger partial charge in [0.25, 0.3) is 0 Å². The predicted molar refractivity (Wildman–Crippen MR) is 74.5 cm³/mol. The van der Waals surface area contributed by atoms with Crippen molar-refractivity contribution in [2.45, 2.75) is 25.8 Å². The summed E-state index contributed by atoms with van der Waals surface area (Å²) in [6, 6.07) is 3.72. The van der Waals surface area contributed by atoms with Gasteiger partial charge in [-0.1, -0.05) is 36.0 Å². The molecule has 1 aromatic heterocycles. The molecule has 1 aliphatic rings. The number of halogens is 2. The second-order valence-electron chi connectivity index (χ2n) is 4.60. The highest BCUT2D eigenvalue weighted by atomic mass is 35.5. The van der Waals surface area contributed by atoms with Crippen molar-refractivity contribution in [2.75, 3.05) is 0 Å². The van der Waals surface area contributed by atoms with Crippen LogP contribution in [0.4, 0.5) is 0 Å². The zero-order valence-corrected chi connectivity index (χ0v) is 11.5. The Hall–Kier alpha value is -0.510. The van der Waals surface area contributed by atoms with Crippen LogP contribution in [-0.4, -0.2) is 9.55 Å². The van der Waals surface area contributed by atoms with Crippen molar-refractivity contribution in [1.82, 2.24) is 9.55 Å².